The molecule has 0 fully saturated rings. The van der Waals surface area contributed by atoms with Gasteiger partial charge < -0.3 is 5.73 Å². The summed E-state index contributed by atoms with van der Waals surface area (Å²) in [7, 11) is -2.21. The van der Waals surface area contributed by atoms with E-state index in [4.69, 9.17) is 5.73 Å². The molecule has 0 saturated carbocycles. The Hall–Kier alpha value is -1.14. The van der Waals surface area contributed by atoms with E-state index in [1.54, 1.807) is 0 Å². The molecule has 0 aliphatic heterocycles. The second-order valence-electron chi connectivity index (χ2n) is 4.80. The molecule has 0 aliphatic rings. The number of anilines is 1. The second-order valence-corrected chi connectivity index (χ2v) is 6.84. The fraction of sp³-hybridized carbons (Fsp3) is 0.500. The molecule has 0 amide bonds. The zero-order chi connectivity index (χ0) is 14.1. The van der Waals surface area contributed by atoms with Crippen molar-refractivity contribution in [2.45, 2.75) is 25.7 Å². The lowest BCUT2D eigenvalue weighted by atomic mass is 10.2. The number of hydrogen-bond donors (Lipinski definition) is 1. The van der Waals surface area contributed by atoms with E-state index in [2.05, 4.69) is 0 Å². The molecule has 0 atom stereocenters. The van der Waals surface area contributed by atoms with Gasteiger partial charge in [-0.25, -0.2) is 17.1 Å². The van der Waals surface area contributed by atoms with Crippen molar-refractivity contribution in [1.29, 1.82) is 0 Å². The molecule has 0 saturated heterocycles. The number of nitrogen functional groups attached to an aromatic ring is 1. The average molecular weight is 274 g/mol. The van der Waals surface area contributed by atoms with Gasteiger partial charge in [-0.05, 0) is 25.0 Å². The summed E-state index contributed by atoms with van der Waals surface area (Å²) in [6.45, 7) is 5.71. The fourth-order valence-electron chi connectivity index (χ4n) is 1.62. The quantitative estimate of drug-likeness (QED) is 0.854. The molecule has 1 rings (SSSR count). The number of sulfonamides is 1. The first-order valence-corrected chi connectivity index (χ1v) is 7.12. The van der Waals surface area contributed by atoms with Crippen LogP contribution in [0.25, 0.3) is 0 Å². The molecule has 0 spiro atoms. The minimum Gasteiger partial charge on any atom is -0.398 e. The Morgan fingerprint density at radius 1 is 1.39 bits per heavy atom. The molecule has 0 heterocycles. The van der Waals surface area contributed by atoms with E-state index in [9.17, 15) is 12.8 Å². The molecule has 102 valence electrons. The summed E-state index contributed by atoms with van der Waals surface area (Å²) in [6, 6.07) is 2.31. The highest BCUT2D eigenvalue weighted by atomic mass is 32.2. The van der Waals surface area contributed by atoms with Crippen molar-refractivity contribution < 1.29 is 12.8 Å². The first-order valence-electron chi connectivity index (χ1n) is 5.68. The van der Waals surface area contributed by atoms with E-state index in [1.165, 1.54) is 24.3 Å². The van der Waals surface area contributed by atoms with Crippen LogP contribution < -0.4 is 5.73 Å². The largest absolute Gasteiger partial charge is 0.398 e. The number of halogens is 1. The van der Waals surface area contributed by atoms with Crippen LogP contribution in [0.4, 0.5) is 10.1 Å². The molecule has 6 heteroatoms. The summed E-state index contributed by atoms with van der Waals surface area (Å²) in [5, 5.41) is 0. The number of nitrogens with two attached hydrogens (primary N) is 1. The highest BCUT2D eigenvalue weighted by Gasteiger charge is 2.23. The van der Waals surface area contributed by atoms with E-state index in [0.717, 1.165) is 6.07 Å². The third-order valence-corrected chi connectivity index (χ3v) is 4.49. The molecule has 4 nitrogen and oxygen atoms in total. The Labute approximate surface area is 108 Å². The molecule has 1 aromatic carbocycles. The van der Waals surface area contributed by atoms with Gasteiger partial charge in [0.25, 0.3) is 0 Å². The summed E-state index contributed by atoms with van der Waals surface area (Å²) < 4.78 is 39.1. The maximum absolute atomic E-state index is 13.5. The van der Waals surface area contributed by atoms with Crippen molar-refractivity contribution in [3.8, 4) is 0 Å². The second kappa shape index (κ2) is 5.24. The lowest BCUT2D eigenvalue weighted by molar-refractivity contribution is 0.417. The van der Waals surface area contributed by atoms with Crippen molar-refractivity contribution in [2.75, 3.05) is 19.3 Å². The van der Waals surface area contributed by atoms with E-state index in [-0.39, 0.29) is 22.1 Å². The zero-order valence-electron chi connectivity index (χ0n) is 11.1. The van der Waals surface area contributed by atoms with Crippen LogP contribution in [-0.2, 0) is 10.0 Å². The van der Waals surface area contributed by atoms with Gasteiger partial charge >= 0.3 is 0 Å². The summed E-state index contributed by atoms with van der Waals surface area (Å²) >= 11 is 0. The van der Waals surface area contributed by atoms with Gasteiger partial charge in [0.2, 0.25) is 10.0 Å². The normalized spacial score (nSPS) is 12.4. The van der Waals surface area contributed by atoms with Gasteiger partial charge in [0, 0.05) is 24.8 Å². The molecule has 0 bridgehead atoms. The van der Waals surface area contributed by atoms with Crippen LogP contribution in [0.5, 0.6) is 0 Å². The molecule has 1 aromatic rings. The van der Waals surface area contributed by atoms with E-state index >= 15 is 0 Å². The molecule has 0 aromatic heterocycles. The Balaban J connectivity index is 3.21. The van der Waals surface area contributed by atoms with Gasteiger partial charge in [-0.15, -0.1) is 0 Å². The monoisotopic (exact) mass is 274 g/mol. The number of benzene rings is 1. The minimum atomic E-state index is -3.68. The summed E-state index contributed by atoms with van der Waals surface area (Å²) in [5.74, 6) is -0.413. The van der Waals surface area contributed by atoms with Gasteiger partial charge in [0.1, 0.15) is 5.82 Å². The van der Waals surface area contributed by atoms with Crippen LogP contribution >= 0.6 is 0 Å². The smallest absolute Gasteiger partial charge is 0.243 e. The Kier molecular flexibility index (Phi) is 4.34. The van der Waals surface area contributed by atoms with E-state index in [0.29, 0.717) is 6.54 Å². The van der Waals surface area contributed by atoms with Crippen molar-refractivity contribution >= 4 is 15.7 Å². The van der Waals surface area contributed by atoms with Crippen LogP contribution in [0.3, 0.4) is 0 Å². The van der Waals surface area contributed by atoms with Crippen LogP contribution in [0.15, 0.2) is 17.0 Å². The van der Waals surface area contributed by atoms with Crippen LogP contribution in [0, 0.1) is 18.7 Å². The Morgan fingerprint density at radius 3 is 2.39 bits per heavy atom. The average Bonchev–Trinajstić information content (AvgIpc) is 2.24. The molecule has 0 radical (unpaired) electrons. The standard InChI is InChI=1S/C12H19FN2O2S/c1-8(2)7-15(4)18(16,17)10-5-11(13)9(3)12(14)6-10/h5-6,8H,7,14H2,1-4H3. The first-order chi connectivity index (χ1) is 8.16. The first kappa shape index (κ1) is 14.9. The van der Waals surface area contributed by atoms with Crippen LogP contribution in [0.1, 0.15) is 19.4 Å². The van der Waals surface area contributed by atoms with E-state index in [1.807, 2.05) is 13.8 Å². The molecule has 18 heavy (non-hydrogen) atoms. The molecular formula is C12H19FN2O2S. The third kappa shape index (κ3) is 3.00. The maximum atomic E-state index is 13.5. The highest BCUT2D eigenvalue weighted by molar-refractivity contribution is 7.89. The number of rotatable bonds is 4. The summed E-state index contributed by atoms with van der Waals surface area (Å²) in [4.78, 5) is -0.105. The maximum Gasteiger partial charge on any atom is 0.243 e. The van der Waals surface area contributed by atoms with Crippen molar-refractivity contribution in [3.05, 3.63) is 23.5 Å². The lowest BCUT2D eigenvalue weighted by Gasteiger charge is -2.19. The van der Waals surface area contributed by atoms with Gasteiger partial charge in [-0.2, -0.15) is 0 Å². The molecule has 0 unspecified atom stereocenters. The Bertz CT molecular complexity index is 518. The van der Waals surface area contributed by atoms with Gasteiger partial charge in [0.05, 0.1) is 4.90 Å². The van der Waals surface area contributed by atoms with Gasteiger partial charge in [-0.3, -0.25) is 0 Å². The summed E-state index contributed by atoms with van der Waals surface area (Å²) in [6.07, 6.45) is 0. The Morgan fingerprint density at radius 2 is 1.94 bits per heavy atom. The SMILES string of the molecule is Cc1c(N)cc(S(=O)(=O)N(C)CC(C)C)cc1F. The number of nitrogens with zero attached hydrogens (tertiary/aromatic N) is 1. The molecule has 0 aliphatic carbocycles. The third-order valence-electron chi connectivity index (χ3n) is 2.69. The lowest BCUT2D eigenvalue weighted by Crippen LogP contribution is -2.30. The molecule has 2 N–H and O–H groups in total. The van der Waals surface area contributed by atoms with Crippen molar-refractivity contribution in [3.63, 3.8) is 0 Å². The van der Waals surface area contributed by atoms with Gasteiger partial charge in [0.15, 0.2) is 0 Å². The predicted octanol–water partition coefficient (Wildman–Crippen LogP) is 1.99. The summed E-state index contributed by atoms with van der Waals surface area (Å²) in [5.41, 5.74) is 6.01. The topological polar surface area (TPSA) is 63.4 Å². The van der Waals surface area contributed by atoms with Crippen molar-refractivity contribution in [1.82, 2.24) is 4.31 Å². The van der Waals surface area contributed by atoms with Crippen LogP contribution in [0.2, 0.25) is 0 Å². The number of hydrogen-bond acceptors (Lipinski definition) is 3. The minimum absolute atomic E-state index is 0.105. The van der Waals surface area contributed by atoms with E-state index < -0.39 is 15.8 Å². The predicted molar refractivity (Wildman–Crippen MR) is 70.2 cm³/mol. The van der Waals surface area contributed by atoms with Crippen LogP contribution in [-0.4, -0.2) is 26.3 Å². The zero-order valence-corrected chi connectivity index (χ0v) is 11.9. The fourth-order valence-corrected chi connectivity index (χ4v) is 3.00. The van der Waals surface area contributed by atoms with Crippen molar-refractivity contribution in [2.24, 2.45) is 5.92 Å². The van der Waals surface area contributed by atoms with Gasteiger partial charge in [-0.1, -0.05) is 13.8 Å². The molecular weight excluding hydrogens is 255 g/mol. The highest BCUT2D eigenvalue weighted by Crippen LogP contribution is 2.23.